The Kier molecular flexibility index (Phi) is 6.04. The molecular weight excluding hydrogens is 207 g/mol. The predicted octanol–water partition coefficient (Wildman–Crippen LogP) is 2.40. The number of hydrogen-bond acceptors (Lipinski definition) is 2. The molecule has 0 spiro atoms. The largest absolute Gasteiger partial charge is 0.396 e. The van der Waals surface area contributed by atoms with Crippen LogP contribution in [0.3, 0.4) is 0 Å². The molecule has 0 amide bonds. The van der Waals surface area contributed by atoms with Crippen LogP contribution in [0.2, 0.25) is 0 Å². The molecule has 16 heavy (non-hydrogen) atoms. The second-order valence-corrected chi connectivity index (χ2v) is 4.02. The lowest BCUT2D eigenvalue weighted by molar-refractivity contribution is 0.169. The Bertz CT molecular complexity index is 302. The van der Waals surface area contributed by atoms with E-state index in [9.17, 15) is 9.50 Å². The fourth-order valence-electron chi connectivity index (χ4n) is 1.77. The predicted molar refractivity (Wildman–Crippen MR) is 61.8 cm³/mol. The minimum absolute atomic E-state index is 0.139. The second kappa shape index (κ2) is 7.36. The van der Waals surface area contributed by atoms with Gasteiger partial charge >= 0.3 is 0 Å². The average molecular weight is 226 g/mol. The maximum atomic E-state index is 12.9. The molecule has 1 rings (SSSR count). The molecule has 1 N–H and O–H groups in total. The van der Waals surface area contributed by atoms with E-state index in [1.54, 1.807) is 13.2 Å². The Hall–Kier alpha value is -0.930. The summed E-state index contributed by atoms with van der Waals surface area (Å²) in [6.45, 7) is 0.847. The summed E-state index contributed by atoms with van der Waals surface area (Å²) in [6, 6.07) is 6.55. The highest BCUT2D eigenvalue weighted by Gasteiger charge is 2.08. The molecule has 0 fully saturated rings. The van der Waals surface area contributed by atoms with Crippen LogP contribution in [0, 0.1) is 11.7 Å². The van der Waals surface area contributed by atoms with Gasteiger partial charge in [-0.25, -0.2) is 4.39 Å². The lowest BCUT2D eigenvalue weighted by atomic mass is 9.96. The quantitative estimate of drug-likeness (QED) is 0.723. The van der Waals surface area contributed by atoms with Gasteiger partial charge in [-0.1, -0.05) is 12.1 Å². The fraction of sp³-hybridized carbons (Fsp3) is 0.538. The first kappa shape index (κ1) is 13.1. The number of aliphatic hydroxyl groups is 1. The lowest BCUT2D eigenvalue weighted by Crippen LogP contribution is -2.10. The molecule has 0 aromatic heterocycles. The highest BCUT2D eigenvalue weighted by molar-refractivity contribution is 5.16. The molecular formula is C13H19FO2. The molecule has 0 aliphatic heterocycles. The molecule has 1 aromatic rings. The zero-order chi connectivity index (χ0) is 11.8. The number of methoxy groups -OCH3 is 1. The fourth-order valence-corrected chi connectivity index (χ4v) is 1.77. The summed E-state index contributed by atoms with van der Waals surface area (Å²) in [5.74, 6) is -0.0250. The summed E-state index contributed by atoms with van der Waals surface area (Å²) in [4.78, 5) is 0. The van der Waals surface area contributed by atoms with Crippen molar-refractivity contribution in [2.24, 2.45) is 5.92 Å². The highest BCUT2D eigenvalue weighted by Crippen LogP contribution is 2.14. The molecule has 0 aliphatic rings. The summed E-state index contributed by atoms with van der Waals surface area (Å²) in [6.07, 6.45) is 2.55. The maximum absolute atomic E-state index is 12.9. The van der Waals surface area contributed by atoms with Gasteiger partial charge in [0.25, 0.3) is 0 Å². The average Bonchev–Trinajstić information content (AvgIpc) is 2.28. The summed E-state index contributed by atoms with van der Waals surface area (Å²) in [5, 5.41) is 9.22. The van der Waals surface area contributed by atoms with Crippen LogP contribution in [0.1, 0.15) is 18.4 Å². The Balaban J connectivity index is 2.43. The van der Waals surface area contributed by atoms with E-state index in [0.717, 1.165) is 24.8 Å². The van der Waals surface area contributed by atoms with Crippen molar-refractivity contribution >= 4 is 0 Å². The van der Waals surface area contributed by atoms with Crippen LogP contribution >= 0.6 is 0 Å². The third-order valence-electron chi connectivity index (χ3n) is 2.63. The first-order chi connectivity index (χ1) is 7.76. The van der Waals surface area contributed by atoms with Crippen LogP contribution < -0.4 is 0 Å². The van der Waals surface area contributed by atoms with Crippen LogP contribution in [-0.2, 0) is 11.2 Å². The van der Waals surface area contributed by atoms with Gasteiger partial charge in [-0.05, 0) is 42.9 Å². The molecule has 0 saturated heterocycles. The van der Waals surface area contributed by atoms with Crippen molar-refractivity contribution in [3.05, 3.63) is 35.6 Å². The van der Waals surface area contributed by atoms with Crippen LogP contribution in [0.25, 0.3) is 0 Å². The van der Waals surface area contributed by atoms with Crippen LogP contribution in [-0.4, -0.2) is 25.4 Å². The van der Waals surface area contributed by atoms with Crippen molar-refractivity contribution in [2.75, 3.05) is 20.3 Å². The Morgan fingerprint density at radius 3 is 2.88 bits per heavy atom. The van der Waals surface area contributed by atoms with Gasteiger partial charge < -0.3 is 9.84 Å². The summed E-state index contributed by atoms with van der Waals surface area (Å²) in [5.41, 5.74) is 0.941. The van der Waals surface area contributed by atoms with Crippen molar-refractivity contribution < 1.29 is 14.2 Å². The zero-order valence-electron chi connectivity index (χ0n) is 9.66. The Morgan fingerprint density at radius 2 is 2.25 bits per heavy atom. The first-order valence-corrected chi connectivity index (χ1v) is 5.60. The molecule has 1 unspecified atom stereocenters. The molecule has 90 valence electrons. The maximum Gasteiger partial charge on any atom is 0.123 e. The lowest BCUT2D eigenvalue weighted by Gasteiger charge is -2.13. The number of benzene rings is 1. The molecule has 0 saturated carbocycles. The van der Waals surface area contributed by atoms with E-state index in [0.29, 0.717) is 6.61 Å². The third kappa shape index (κ3) is 4.73. The van der Waals surface area contributed by atoms with Crippen LogP contribution in [0.5, 0.6) is 0 Å². The van der Waals surface area contributed by atoms with E-state index in [4.69, 9.17) is 4.74 Å². The molecule has 0 aliphatic carbocycles. The van der Waals surface area contributed by atoms with Crippen molar-refractivity contribution in [3.8, 4) is 0 Å². The van der Waals surface area contributed by atoms with E-state index < -0.39 is 0 Å². The summed E-state index contributed by atoms with van der Waals surface area (Å²) < 4.78 is 17.9. The molecule has 2 nitrogen and oxygen atoms in total. The van der Waals surface area contributed by atoms with Gasteiger partial charge in [0.1, 0.15) is 5.82 Å². The minimum atomic E-state index is -0.217. The first-order valence-electron chi connectivity index (χ1n) is 5.60. The topological polar surface area (TPSA) is 29.5 Å². The summed E-state index contributed by atoms with van der Waals surface area (Å²) in [7, 11) is 1.67. The number of ether oxygens (including phenoxy) is 1. The molecule has 0 bridgehead atoms. The smallest absolute Gasteiger partial charge is 0.123 e. The molecule has 1 atom stereocenters. The Morgan fingerprint density at radius 1 is 1.44 bits per heavy atom. The standard InChI is InChI=1S/C13H19FO2/c1-16-7-3-5-12(10-15)8-11-4-2-6-13(14)9-11/h2,4,6,9,12,15H,3,5,7-8,10H2,1H3. The van der Waals surface area contributed by atoms with E-state index in [-0.39, 0.29) is 18.3 Å². The van der Waals surface area contributed by atoms with Crippen molar-refractivity contribution in [1.29, 1.82) is 0 Å². The summed E-state index contributed by atoms with van der Waals surface area (Å²) >= 11 is 0. The van der Waals surface area contributed by atoms with Crippen molar-refractivity contribution in [3.63, 3.8) is 0 Å². The SMILES string of the molecule is COCCCC(CO)Cc1cccc(F)c1. The van der Waals surface area contributed by atoms with E-state index in [1.807, 2.05) is 6.07 Å². The molecule has 1 aromatic carbocycles. The highest BCUT2D eigenvalue weighted by atomic mass is 19.1. The minimum Gasteiger partial charge on any atom is -0.396 e. The van der Waals surface area contributed by atoms with E-state index in [1.165, 1.54) is 12.1 Å². The van der Waals surface area contributed by atoms with Gasteiger partial charge in [-0.15, -0.1) is 0 Å². The zero-order valence-corrected chi connectivity index (χ0v) is 9.66. The van der Waals surface area contributed by atoms with Gasteiger partial charge in [-0.2, -0.15) is 0 Å². The normalized spacial score (nSPS) is 12.7. The van der Waals surface area contributed by atoms with Gasteiger partial charge in [0.05, 0.1) is 0 Å². The molecule has 0 radical (unpaired) electrons. The number of halogens is 1. The van der Waals surface area contributed by atoms with Gasteiger partial charge in [0, 0.05) is 20.3 Å². The van der Waals surface area contributed by atoms with Crippen LogP contribution in [0.4, 0.5) is 4.39 Å². The van der Waals surface area contributed by atoms with E-state index in [2.05, 4.69) is 0 Å². The third-order valence-corrected chi connectivity index (χ3v) is 2.63. The van der Waals surface area contributed by atoms with Crippen LogP contribution in [0.15, 0.2) is 24.3 Å². The number of aliphatic hydroxyl groups excluding tert-OH is 1. The van der Waals surface area contributed by atoms with E-state index >= 15 is 0 Å². The van der Waals surface area contributed by atoms with Crippen molar-refractivity contribution in [2.45, 2.75) is 19.3 Å². The van der Waals surface area contributed by atoms with Gasteiger partial charge in [-0.3, -0.25) is 0 Å². The second-order valence-electron chi connectivity index (χ2n) is 4.02. The van der Waals surface area contributed by atoms with Gasteiger partial charge in [0.2, 0.25) is 0 Å². The molecule has 0 heterocycles. The number of hydrogen-bond donors (Lipinski definition) is 1. The van der Waals surface area contributed by atoms with Crippen molar-refractivity contribution in [1.82, 2.24) is 0 Å². The molecule has 3 heteroatoms. The number of rotatable bonds is 7. The Labute approximate surface area is 96.1 Å². The monoisotopic (exact) mass is 226 g/mol. The van der Waals surface area contributed by atoms with Gasteiger partial charge in [0.15, 0.2) is 0 Å².